The standard InChI is InChI=1S/C35H45N3O6S/c1-4-38(34(40)43-26-30-14-8-5-9-15-30)32-20-23-37(24-21-32)25-22-35(28-44-29(2)39,31-16-10-6-11-17-31)27-36(3)45(41,42)33-18-12-7-13-19-33/h5-19,32H,4,20-28H2,1-3H3. The first-order valence-electron chi connectivity index (χ1n) is 15.5. The lowest BCUT2D eigenvalue weighted by Crippen LogP contribution is -2.50. The van der Waals surface area contributed by atoms with Crippen molar-refractivity contribution in [2.45, 2.75) is 56.1 Å². The van der Waals surface area contributed by atoms with E-state index in [1.165, 1.54) is 11.2 Å². The Hall–Kier alpha value is -3.73. The van der Waals surface area contributed by atoms with Crippen LogP contribution in [0, 0.1) is 0 Å². The number of carbonyl (C=O) groups is 2. The molecule has 4 rings (SSSR count). The summed E-state index contributed by atoms with van der Waals surface area (Å²) in [6.07, 6.45) is 1.88. The number of carbonyl (C=O) groups excluding carboxylic acids is 2. The molecule has 242 valence electrons. The van der Waals surface area contributed by atoms with Crippen molar-refractivity contribution < 1.29 is 27.5 Å². The Kier molecular flexibility index (Phi) is 12.2. The molecule has 0 saturated carbocycles. The summed E-state index contributed by atoms with van der Waals surface area (Å²) in [5.41, 5.74) is 1.08. The fourth-order valence-electron chi connectivity index (χ4n) is 6.00. The molecule has 0 spiro atoms. The number of nitrogens with zero attached hydrogens (tertiary/aromatic N) is 3. The molecule has 1 atom stereocenters. The molecule has 10 heteroatoms. The lowest BCUT2D eigenvalue weighted by atomic mass is 9.77. The summed E-state index contributed by atoms with van der Waals surface area (Å²) in [7, 11) is -2.20. The van der Waals surface area contributed by atoms with Gasteiger partial charge in [-0.1, -0.05) is 78.9 Å². The summed E-state index contributed by atoms with van der Waals surface area (Å²) in [5.74, 6) is -0.413. The quantitative estimate of drug-likeness (QED) is 0.221. The van der Waals surface area contributed by atoms with Crippen LogP contribution in [0.2, 0.25) is 0 Å². The van der Waals surface area contributed by atoms with E-state index in [4.69, 9.17) is 9.47 Å². The Morgan fingerprint density at radius 1 is 0.889 bits per heavy atom. The van der Waals surface area contributed by atoms with Crippen molar-refractivity contribution in [2.24, 2.45) is 0 Å². The first-order chi connectivity index (χ1) is 21.6. The fraction of sp³-hybridized carbons (Fsp3) is 0.429. The molecule has 0 N–H and O–H groups in total. The average Bonchev–Trinajstić information content (AvgIpc) is 3.07. The van der Waals surface area contributed by atoms with E-state index in [1.807, 2.05) is 72.5 Å². The van der Waals surface area contributed by atoms with Crippen LogP contribution >= 0.6 is 0 Å². The van der Waals surface area contributed by atoms with E-state index < -0.39 is 21.4 Å². The van der Waals surface area contributed by atoms with Crippen molar-refractivity contribution in [3.05, 3.63) is 102 Å². The zero-order valence-electron chi connectivity index (χ0n) is 26.5. The van der Waals surface area contributed by atoms with Crippen LogP contribution in [0.25, 0.3) is 0 Å². The molecule has 45 heavy (non-hydrogen) atoms. The minimum Gasteiger partial charge on any atom is -0.465 e. The normalized spacial score (nSPS) is 15.7. The van der Waals surface area contributed by atoms with E-state index in [1.54, 1.807) is 37.4 Å². The first kappa shape index (κ1) is 34.1. The summed E-state index contributed by atoms with van der Waals surface area (Å²) >= 11 is 0. The van der Waals surface area contributed by atoms with Crippen molar-refractivity contribution in [3.8, 4) is 0 Å². The maximum Gasteiger partial charge on any atom is 0.410 e. The van der Waals surface area contributed by atoms with Crippen LogP contribution in [0.3, 0.4) is 0 Å². The van der Waals surface area contributed by atoms with Gasteiger partial charge in [-0.3, -0.25) is 4.79 Å². The van der Waals surface area contributed by atoms with Crippen molar-refractivity contribution in [1.82, 2.24) is 14.1 Å². The van der Waals surface area contributed by atoms with E-state index in [0.717, 1.165) is 37.1 Å². The highest BCUT2D eigenvalue weighted by molar-refractivity contribution is 7.89. The minimum absolute atomic E-state index is 0.0499. The zero-order valence-corrected chi connectivity index (χ0v) is 27.3. The molecule has 1 saturated heterocycles. The van der Waals surface area contributed by atoms with Crippen molar-refractivity contribution in [2.75, 3.05) is 46.4 Å². The third kappa shape index (κ3) is 9.15. The molecule has 0 radical (unpaired) electrons. The van der Waals surface area contributed by atoms with Crippen LogP contribution in [-0.4, -0.2) is 87.0 Å². The number of likely N-dealkylation sites (tertiary alicyclic amines) is 1. The Balaban J connectivity index is 1.45. The van der Waals surface area contributed by atoms with Crippen LogP contribution in [0.4, 0.5) is 4.79 Å². The van der Waals surface area contributed by atoms with Gasteiger partial charge in [0.15, 0.2) is 0 Å². The number of sulfonamides is 1. The average molecular weight is 636 g/mol. The van der Waals surface area contributed by atoms with Gasteiger partial charge in [-0.25, -0.2) is 13.2 Å². The molecular formula is C35H45N3O6S. The third-order valence-corrected chi connectivity index (χ3v) is 10.4. The molecule has 9 nitrogen and oxygen atoms in total. The molecular weight excluding hydrogens is 590 g/mol. The first-order valence-corrected chi connectivity index (χ1v) is 17.0. The minimum atomic E-state index is -3.78. The summed E-state index contributed by atoms with van der Waals surface area (Å²) in [6.45, 7) is 6.57. The van der Waals surface area contributed by atoms with Crippen LogP contribution in [0.1, 0.15) is 44.2 Å². The number of rotatable bonds is 14. The summed E-state index contributed by atoms with van der Waals surface area (Å²) < 4.78 is 39.7. The topological polar surface area (TPSA) is 96.5 Å². The zero-order chi connectivity index (χ0) is 32.3. The second kappa shape index (κ2) is 16.0. The van der Waals surface area contributed by atoms with E-state index in [9.17, 15) is 18.0 Å². The highest BCUT2D eigenvalue weighted by Crippen LogP contribution is 2.33. The SMILES string of the molecule is CCN(C(=O)OCc1ccccc1)C1CCN(CCC(COC(C)=O)(CN(C)S(=O)(=O)c2ccccc2)c2ccccc2)CC1. The van der Waals surface area contributed by atoms with Crippen LogP contribution < -0.4 is 0 Å². The van der Waals surface area contributed by atoms with E-state index in [2.05, 4.69) is 4.90 Å². The van der Waals surface area contributed by atoms with Crippen LogP contribution in [-0.2, 0) is 36.3 Å². The van der Waals surface area contributed by atoms with Crippen molar-refractivity contribution in [3.63, 3.8) is 0 Å². The van der Waals surface area contributed by atoms with Gasteiger partial charge in [0.05, 0.1) is 4.90 Å². The largest absolute Gasteiger partial charge is 0.465 e. The molecule has 1 aliphatic heterocycles. The molecule has 1 aliphatic rings. The number of hydrogen-bond donors (Lipinski definition) is 0. The maximum absolute atomic E-state index is 13.6. The number of amides is 1. The van der Waals surface area contributed by atoms with Gasteiger partial charge in [-0.2, -0.15) is 4.31 Å². The lowest BCUT2D eigenvalue weighted by Gasteiger charge is -2.41. The molecule has 0 bridgehead atoms. The van der Waals surface area contributed by atoms with Crippen LogP contribution in [0.15, 0.2) is 95.9 Å². The van der Waals surface area contributed by atoms with Crippen molar-refractivity contribution in [1.29, 1.82) is 0 Å². The van der Waals surface area contributed by atoms with Gasteiger partial charge < -0.3 is 19.3 Å². The van der Waals surface area contributed by atoms with Gasteiger partial charge in [0, 0.05) is 51.6 Å². The summed E-state index contributed by atoms with van der Waals surface area (Å²) in [4.78, 5) is 29.4. The molecule has 1 fully saturated rings. The Labute approximate surface area is 267 Å². The summed E-state index contributed by atoms with van der Waals surface area (Å²) in [5, 5.41) is 0. The smallest absolute Gasteiger partial charge is 0.410 e. The maximum atomic E-state index is 13.6. The number of benzene rings is 3. The second-order valence-corrected chi connectivity index (χ2v) is 13.7. The Bertz CT molecular complexity index is 1460. The molecule has 1 heterocycles. The fourth-order valence-corrected chi connectivity index (χ4v) is 7.27. The van der Waals surface area contributed by atoms with E-state index >= 15 is 0 Å². The molecule has 3 aromatic rings. The predicted molar refractivity (Wildman–Crippen MR) is 174 cm³/mol. The second-order valence-electron chi connectivity index (χ2n) is 11.6. The third-order valence-electron chi connectivity index (χ3n) is 8.60. The van der Waals surface area contributed by atoms with Gasteiger partial charge >= 0.3 is 12.1 Å². The van der Waals surface area contributed by atoms with Gasteiger partial charge in [-0.15, -0.1) is 0 Å². The molecule has 1 amide bonds. The highest BCUT2D eigenvalue weighted by atomic mass is 32.2. The van der Waals surface area contributed by atoms with E-state index in [-0.39, 0.29) is 36.8 Å². The molecule has 0 aromatic heterocycles. The van der Waals surface area contributed by atoms with Crippen LogP contribution in [0.5, 0.6) is 0 Å². The van der Waals surface area contributed by atoms with Gasteiger partial charge in [0.25, 0.3) is 0 Å². The molecule has 3 aromatic carbocycles. The highest BCUT2D eigenvalue weighted by Gasteiger charge is 2.39. The van der Waals surface area contributed by atoms with Gasteiger partial charge in [0.1, 0.15) is 13.2 Å². The van der Waals surface area contributed by atoms with E-state index in [0.29, 0.717) is 19.5 Å². The summed E-state index contributed by atoms with van der Waals surface area (Å²) in [6, 6.07) is 27.8. The number of likely N-dealkylation sites (N-methyl/N-ethyl adjacent to an activating group) is 1. The Morgan fingerprint density at radius 2 is 1.47 bits per heavy atom. The predicted octanol–water partition coefficient (Wildman–Crippen LogP) is 5.32. The van der Waals surface area contributed by atoms with Crippen molar-refractivity contribution >= 4 is 22.1 Å². The molecule has 0 aliphatic carbocycles. The lowest BCUT2D eigenvalue weighted by molar-refractivity contribution is -0.143. The number of piperidine rings is 1. The monoisotopic (exact) mass is 635 g/mol. The number of ether oxygens (including phenoxy) is 2. The van der Waals surface area contributed by atoms with Gasteiger partial charge in [0.2, 0.25) is 10.0 Å². The Morgan fingerprint density at radius 3 is 2.04 bits per heavy atom. The number of hydrogen-bond acceptors (Lipinski definition) is 7. The van der Waals surface area contributed by atoms with Gasteiger partial charge in [-0.05, 0) is 56.0 Å². The number of esters is 1. The molecule has 1 unspecified atom stereocenters.